The monoisotopic (exact) mass is 330 g/mol. The molecular weight excluding hydrogens is 314 g/mol. The number of halogens is 2. The third kappa shape index (κ3) is 3.42. The average Bonchev–Trinajstić information content (AvgIpc) is 2.95. The van der Waals surface area contributed by atoms with Crippen molar-refractivity contribution in [3.63, 3.8) is 0 Å². The quantitative estimate of drug-likeness (QED) is 0.937. The molecule has 0 bridgehead atoms. The van der Waals surface area contributed by atoms with E-state index in [1.165, 1.54) is 30.3 Å². The molecule has 0 radical (unpaired) electrons. The molecular formula is C18H16F2N2O2. The van der Waals surface area contributed by atoms with Crippen molar-refractivity contribution in [2.45, 2.75) is 6.42 Å². The predicted molar refractivity (Wildman–Crippen MR) is 85.6 cm³/mol. The van der Waals surface area contributed by atoms with Crippen LogP contribution in [0, 0.1) is 17.6 Å². The van der Waals surface area contributed by atoms with Crippen LogP contribution in [0.25, 0.3) is 0 Å². The van der Waals surface area contributed by atoms with Crippen molar-refractivity contribution in [1.82, 2.24) is 5.32 Å². The van der Waals surface area contributed by atoms with E-state index in [-0.39, 0.29) is 36.2 Å². The lowest BCUT2D eigenvalue weighted by atomic mass is 10.1. The molecule has 2 aromatic rings. The Morgan fingerprint density at radius 3 is 2.54 bits per heavy atom. The fraction of sp³-hybridized carbons (Fsp3) is 0.222. The van der Waals surface area contributed by atoms with Gasteiger partial charge in [-0.2, -0.15) is 0 Å². The molecule has 1 fully saturated rings. The Hall–Kier alpha value is -2.76. The van der Waals surface area contributed by atoms with Crippen LogP contribution in [0.5, 0.6) is 0 Å². The fourth-order valence-corrected chi connectivity index (χ4v) is 2.77. The Bertz CT molecular complexity index is 762. The van der Waals surface area contributed by atoms with Gasteiger partial charge in [0.1, 0.15) is 11.6 Å². The van der Waals surface area contributed by atoms with Crippen molar-refractivity contribution in [3.05, 3.63) is 65.7 Å². The van der Waals surface area contributed by atoms with E-state index in [0.717, 1.165) is 0 Å². The summed E-state index contributed by atoms with van der Waals surface area (Å²) in [6.45, 7) is 0.707. The highest BCUT2D eigenvalue weighted by molar-refractivity contribution is 5.96. The van der Waals surface area contributed by atoms with E-state index in [2.05, 4.69) is 5.32 Å². The molecule has 0 aliphatic carbocycles. The molecule has 1 N–H and O–H groups in total. The summed E-state index contributed by atoms with van der Waals surface area (Å²) in [5, 5.41) is 2.67. The normalized spacial score (nSPS) is 17.2. The van der Waals surface area contributed by atoms with Crippen LogP contribution in [0.15, 0.2) is 48.5 Å². The van der Waals surface area contributed by atoms with Gasteiger partial charge in [-0.25, -0.2) is 8.78 Å². The molecule has 0 spiro atoms. The maximum Gasteiger partial charge on any atom is 0.254 e. The van der Waals surface area contributed by atoms with Crippen molar-refractivity contribution in [1.29, 1.82) is 0 Å². The summed E-state index contributed by atoms with van der Waals surface area (Å²) in [4.78, 5) is 25.7. The van der Waals surface area contributed by atoms with E-state index in [1.54, 1.807) is 23.1 Å². The fourth-order valence-electron chi connectivity index (χ4n) is 2.77. The van der Waals surface area contributed by atoms with Crippen LogP contribution in [-0.4, -0.2) is 24.9 Å². The second kappa shape index (κ2) is 6.78. The highest BCUT2D eigenvalue weighted by atomic mass is 19.1. The molecule has 4 nitrogen and oxygen atoms in total. The Labute approximate surface area is 138 Å². The predicted octanol–water partition coefficient (Wildman–Crippen LogP) is 2.75. The van der Waals surface area contributed by atoms with E-state index < -0.39 is 11.7 Å². The SMILES string of the molecule is O=C(NCC1CC(=O)N(c2ccc(F)cc2)C1)c1ccccc1F. The number of benzene rings is 2. The van der Waals surface area contributed by atoms with Crippen molar-refractivity contribution in [2.24, 2.45) is 5.92 Å². The molecule has 124 valence electrons. The summed E-state index contributed by atoms with van der Waals surface area (Å²) in [5.41, 5.74) is 0.613. The molecule has 0 saturated carbocycles. The lowest BCUT2D eigenvalue weighted by molar-refractivity contribution is -0.117. The van der Waals surface area contributed by atoms with Gasteiger partial charge >= 0.3 is 0 Å². The van der Waals surface area contributed by atoms with Gasteiger partial charge in [0.15, 0.2) is 0 Å². The summed E-state index contributed by atoms with van der Waals surface area (Å²) in [7, 11) is 0. The maximum atomic E-state index is 13.6. The van der Waals surface area contributed by atoms with Crippen LogP contribution >= 0.6 is 0 Å². The lowest BCUT2D eigenvalue weighted by Crippen LogP contribution is -2.31. The Balaban J connectivity index is 1.59. The lowest BCUT2D eigenvalue weighted by Gasteiger charge is -2.17. The summed E-state index contributed by atoms with van der Waals surface area (Å²) in [6.07, 6.45) is 0.287. The van der Waals surface area contributed by atoms with Crippen LogP contribution in [0.2, 0.25) is 0 Å². The first-order valence-electron chi connectivity index (χ1n) is 7.63. The summed E-state index contributed by atoms with van der Waals surface area (Å²) in [6, 6.07) is 11.4. The topological polar surface area (TPSA) is 49.4 Å². The van der Waals surface area contributed by atoms with Gasteiger partial charge in [0.05, 0.1) is 5.56 Å². The van der Waals surface area contributed by atoms with Gasteiger partial charge in [-0.05, 0) is 36.4 Å². The van der Waals surface area contributed by atoms with Crippen molar-refractivity contribution < 1.29 is 18.4 Å². The second-order valence-corrected chi connectivity index (χ2v) is 5.74. The molecule has 24 heavy (non-hydrogen) atoms. The maximum absolute atomic E-state index is 13.6. The van der Waals surface area contributed by atoms with Gasteiger partial charge in [0.2, 0.25) is 5.91 Å². The van der Waals surface area contributed by atoms with Crippen LogP contribution in [0.3, 0.4) is 0 Å². The zero-order valence-corrected chi connectivity index (χ0v) is 12.8. The van der Waals surface area contributed by atoms with Crippen LogP contribution in [0.1, 0.15) is 16.8 Å². The number of carbonyl (C=O) groups excluding carboxylic acids is 2. The third-order valence-corrected chi connectivity index (χ3v) is 4.01. The minimum atomic E-state index is -0.578. The molecule has 2 aromatic carbocycles. The van der Waals surface area contributed by atoms with Gasteiger partial charge in [0.25, 0.3) is 5.91 Å². The number of carbonyl (C=O) groups is 2. The Morgan fingerprint density at radius 1 is 1.12 bits per heavy atom. The average molecular weight is 330 g/mol. The summed E-state index contributed by atoms with van der Waals surface area (Å²) < 4.78 is 26.5. The van der Waals surface area contributed by atoms with Gasteiger partial charge in [-0.15, -0.1) is 0 Å². The zero-order chi connectivity index (χ0) is 17.1. The van der Waals surface area contributed by atoms with E-state index in [0.29, 0.717) is 12.2 Å². The summed E-state index contributed by atoms with van der Waals surface area (Å²) in [5.74, 6) is -1.59. The zero-order valence-electron chi connectivity index (χ0n) is 12.8. The third-order valence-electron chi connectivity index (χ3n) is 4.01. The highest BCUT2D eigenvalue weighted by Crippen LogP contribution is 2.25. The van der Waals surface area contributed by atoms with E-state index in [4.69, 9.17) is 0 Å². The Kier molecular flexibility index (Phi) is 4.55. The first-order valence-corrected chi connectivity index (χ1v) is 7.63. The highest BCUT2D eigenvalue weighted by Gasteiger charge is 2.30. The van der Waals surface area contributed by atoms with Crippen LogP contribution in [0.4, 0.5) is 14.5 Å². The molecule has 0 aromatic heterocycles. The van der Waals surface area contributed by atoms with E-state index >= 15 is 0 Å². The number of nitrogens with zero attached hydrogens (tertiary/aromatic N) is 1. The van der Waals surface area contributed by atoms with Gasteiger partial charge in [-0.3, -0.25) is 9.59 Å². The van der Waals surface area contributed by atoms with Gasteiger partial charge in [0, 0.05) is 31.1 Å². The number of amides is 2. The molecule has 6 heteroatoms. The Morgan fingerprint density at radius 2 is 1.83 bits per heavy atom. The number of nitrogens with one attached hydrogen (secondary N) is 1. The van der Waals surface area contributed by atoms with Crippen molar-refractivity contribution in [3.8, 4) is 0 Å². The molecule has 1 aliphatic heterocycles. The number of hydrogen-bond acceptors (Lipinski definition) is 2. The van der Waals surface area contributed by atoms with Crippen LogP contribution in [-0.2, 0) is 4.79 Å². The molecule has 1 unspecified atom stereocenters. The second-order valence-electron chi connectivity index (χ2n) is 5.74. The largest absolute Gasteiger partial charge is 0.352 e. The standard InChI is InChI=1S/C18H16F2N2O2/c19-13-5-7-14(8-6-13)22-11-12(9-17(22)23)10-21-18(24)15-3-1-2-4-16(15)20/h1-8,12H,9-11H2,(H,21,24). The molecule has 1 heterocycles. The minimum absolute atomic E-state index is 0.0165. The van der Waals surface area contributed by atoms with Crippen molar-refractivity contribution >= 4 is 17.5 Å². The first kappa shape index (κ1) is 16.1. The number of rotatable bonds is 4. The molecule has 1 atom stereocenters. The van der Waals surface area contributed by atoms with Crippen molar-refractivity contribution in [2.75, 3.05) is 18.0 Å². The molecule has 3 rings (SSSR count). The smallest absolute Gasteiger partial charge is 0.254 e. The number of hydrogen-bond donors (Lipinski definition) is 1. The minimum Gasteiger partial charge on any atom is -0.352 e. The van der Waals surface area contributed by atoms with E-state index in [1.807, 2.05) is 0 Å². The van der Waals surface area contributed by atoms with E-state index in [9.17, 15) is 18.4 Å². The van der Waals surface area contributed by atoms with Crippen LogP contribution < -0.4 is 10.2 Å². The molecule has 1 aliphatic rings. The molecule has 2 amide bonds. The van der Waals surface area contributed by atoms with Gasteiger partial charge in [-0.1, -0.05) is 12.1 Å². The van der Waals surface area contributed by atoms with Gasteiger partial charge < -0.3 is 10.2 Å². The molecule has 1 saturated heterocycles. The summed E-state index contributed by atoms with van der Waals surface area (Å²) >= 11 is 0. The number of anilines is 1. The first-order chi connectivity index (χ1) is 11.5.